The molecule has 0 N–H and O–H groups in total. The van der Waals surface area contributed by atoms with E-state index in [1.165, 1.54) is 6.04 Å². The number of rotatable bonds is 3. The van der Waals surface area contributed by atoms with Gasteiger partial charge in [-0.25, -0.2) is 8.42 Å². The number of nitrogens with zero attached hydrogens (tertiary/aromatic N) is 6. The predicted molar refractivity (Wildman–Crippen MR) is 61.0 cm³/mol. The minimum Gasteiger partial charge on any atom is -0.213 e. The van der Waals surface area contributed by atoms with Crippen LogP contribution in [-0.2, 0) is 10.2 Å². The van der Waals surface area contributed by atoms with Crippen LogP contribution in [0.4, 0.5) is 0 Å². The van der Waals surface area contributed by atoms with Gasteiger partial charge in [0.25, 0.3) is 0 Å². The summed E-state index contributed by atoms with van der Waals surface area (Å²) in [6, 6.07) is 1.41. The zero-order valence-corrected chi connectivity index (χ0v) is 10.9. The van der Waals surface area contributed by atoms with Crippen molar-refractivity contribution in [2.24, 2.45) is 9.04 Å². The van der Waals surface area contributed by atoms with Crippen LogP contribution in [0.1, 0.15) is 6.92 Å². The Morgan fingerprint density at radius 1 is 1.13 bits per heavy atom. The van der Waals surface area contributed by atoms with Gasteiger partial charge in [-0.1, -0.05) is 32.6 Å². The van der Waals surface area contributed by atoms with E-state index in [0.29, 0.717) is 0 Å². The van der Waals surface area contributed by atoms with E-state index in [-0.39, 0.29) is 0 Å². The third kappa shape index (κ3) is 15.5. The molecule has 0 atom stereocenters. The van der Waals surface area contributed by atoms with E-state index in [9.17, 15) is 8.42 Å². The van der Waals surface area contributed by atoms with Crippen LogP contribution in [0.3, 0.4) is 0 Å². The van der Waals surface area contributed by atoms with Gasteiger partial charge in [-0.3, -0.25) is 0 Å². The Kier molecular flexibility index (Phi) is 7.71. The molecule has 0 rings (SSSR count). The van der Waals surface area contributed by atoms with Gasteiger partial charge in [0.2, 0.25) is 0 Å². The van der Waals surface area contributed by atoms with Crippen molar-refractivity contribution < 1.29 is 8.42 Å². The summed E-state index contributed by atoms with van der Waals surface area (Å²) in [5, 5.41) is 0. The SMILES string of the molecule is CC[Si](C)(C)C.[N-]=[N+]=NS(=O)(=O)N=[N+]=[N-]. The molecule has 0 aromatic carbocycles. The van der Waals surface area contributed by atoms with Crippen molar-refractivity contribution in [3.8, 4) is 0 Å². The molecule has 0 aliphatic carbocycles. The van der Waals surface area contributed by atoms with Gasteiger partial charge >= 0.3 is 10.2 Å². The van der Waals surface area contributed by atoms with Crippen molar-refractivity contribution in [2.45, 2.75) is 32.6 Å². The van der Waals surface area contributed by atoms with E-state index in [1.54, 1.807) is 0 Å². The summed E-state index contributed by atoms with van der Waals surface area (Å²) in [6.45, 7) is 9.42. The van der Waals surface area contributed by atoms with Crippen LogP contribution in [0.25, 0.3) is 20.9 Å². The number of hydrogen-bond donors (Lipinski definition) is 0. The van der Waals surface area contributed by atoms with Crippen molar-refractivity contribution >= 4 is 18.3 Å². The Bertz CT molecular complexity index is 349. The zero-order chi connectivity index (χ0) is 12.5. The second-order valence-electron chi connectivity index (χ2n) is 3.70. The molecule has 0 bridgehead atoms. The maximum Gasteiger partial charge on any atom is 0.321 e. The molecule has 86 valence electrons. The minimum absolute atomic E-state index is 0.631. The van der Waals surface area contributed by atoms with Crippen LogP contribution >= 0.6 is 0 Å². The fraction of sp³-hybridized carbons (Fsp3) is 1.00. The Hall–Kier alpha value is -1.21. The van der Waals surface area contributed by atoms with E-state index < -0.39 is 18.3 Å². The molecule has 0 heterocycles. The molecule has 0 aliphatic heterocycles. The lowest BCUT2D eigenvalue weighted by Crippen LogP contribution is -2.16. The van der Waals surface area contributed by atoms with Crippen LogP contribution in [0, 0.1) is 0 Å². The highest BCUT2D eigenvalue weighted by Gasteiger charge is 2.06. The van der Waals surface area contributed by atoms with Gasteiger partial charge in [-0.2, -0.15) is 0 Å². The van der Waals surface area contributed by atoms with Gasteiger partial charge in [0.05, 0.1) is 0 Å². The van der Waals surface area contributed by atoms with Gasteiger partial charge < -0.3 is 0 Å². The molecule has 0 aromatic heterocycles. The molecular weight excluding hydrogens is 236 g/mol. The smallest absolute Gasteiger partial charge is 0.213 e. The molecule has 0 saturated heterocycles. The third-order valence-electron chi connectivity index (χ3n) is 1.34. The highest BCUT2D eigenvalue weighted by Crippen LogP contribution is 2.04. The molecule has 10 heteroatoms. The summed E-state index contributed by atoms with van der Waals surface area (Å²) >= 11 is 0. The summed E-state index contributed by atoms with van der Waals surface area (Å²) in [5.74, 6) is 0. The normalized spacial score (nSPS) is 10.1. The summed E-state index contributed by atoms with van der Waals surface area (Å²) in [4.78, 5) is 3.80. The molecule has 0 fully saturated rings. The van der Waals surface area contributed by atoms with Gasteiger partial charge in [0.1, 0.15) is 0 Å². The summed E-state index contributed by atoms with van der Waals surface area (Å²) in [6.07, 6.45) is 0. The van der Waals surface area contributed by atoms with Crippen molar-refractivity contribution in [1.29, 1.82) is 0 Å². The third-order valence-corrected chi connectivity index (χ3v) is 4.02. The lowest BCUT2D eigenvalue weighted by molar-refractivity contribution is 0.599. The molecule has 0 radical (unpaired) electrons. The van der Waals surface area contributed by atoms with E-state index in [2.05, 4.69) is 35.6 Å². The lowest BCUT2D eigenvalue weighted by atomic mass is 11.0. The Morgan fingerprint density at radius 3 is 1.53 bits per heavy atom. The molecule has 0 aliphatic rings. The minimum atomic E-state index is -4.27. The topological polar surface area (TPSA) is 132 Å². The molecular formula is C5H14N6O2SSi. The van der Waals surface area contributed by atoms with Crippen LogP contribution < -0.4 is 0 Å². The van der Waals surface area contributed by atoms with Crippen molar-refractivity contribution in [1.82, 2.24) is 0 Å². The van der Waals surface area contributed by atoms with Crippen LogP contribution in [-0.4, -0.2) is 16.5 Å². The van der Waals surface area contributed by atoms with Crippen LogP contribution in [0.5, 0.6) is 0 Å². The first-order valence-corrected chi connectivity index (χ1v) is 9.16. The zero-order valence-electron chi connectivity index (χ0n) is 9.12. The van der Waals surface area contributed by atoms with Crippen LogP contribution in [0.2, 0.25) is 25.7 Å². The summed E-state index contributed by atoms with van der Waals surface area (Å²) in [5.41, 5.74) is 15.0. The van der Waals surface area contributed by atoms with Gasteiger partial charge in [-0.05, 0) is 11.1 Å². The first-order chi connectivity index (χ1) is 6.68. The summed E-state index contributed by atoms with van der Waals surface area (Å²) in [7, 11) is -4.90. The van der Waals surface area contributed by atoms with E-state index in [1.807, 2.05) is 9.82 Å². The molecule has 0 unspecified atom stereocenters. The maximum atomic E-state index is 9.99. The van der Waals surface area contributed by atoms with E-state index >= 15 is 0 Å². The van der Waals surface area contributed by atoms with Crippen molar-refractivity contribution in [3.63, 3.8) is 0 Å². The largest absolute Gasteiger partial charge is 0.321 e. The predicted octanol–water partition coefficient (Wildman–Crippen LogP) is 3.20. The van der Waals surface area contributed by atoms with Gasteiger partial charge in [-0.15, -0.1) is 0 Å². The fourth-order valence-electron chi connectivity index (χ4n) is 0.109. The molecule has 8 nitrogen and oxygen atoms in total. The highest BCUT2D eigenvalue weighted by atomic mass is 32.2. The average Bonchev–Trinajstić information content (AvgIpc) is 2.03. The van der Waals surface area contributed by atoms with Gasteiger partial charge in [0, 0.05) is 26.9 Å². The maximum absolute atomic E-state index is 9.99. The Balaban J connectivity index is 0. The van der Waals surface area contributed by atoms with Gasteiger partial charge in [0.15, 0.2) is 0 Å². The second kappa shape index (κ2) is 7.13. The molecule has 0 amide bonds. The first kappa shape index (κ1) is 16.2. The Labute approximate surface area is 89.7 Å². The van der Waals surface area contributed by atoms with E-state index in [4.69, 9.17) is 11.1 Å². The molecule has 0 aromatic rings. The standard InChI is InChI=1S/C5H14Si.N6O2S/c1-5-6(2,3)4;1-3-5-9(7,8)6-4-2/h5H2,1-4H3;. The number of azide groups is 1. The fourth-order valence-corrected chi connectivity index (χ4v) is 0.326. The van der Waals surface area contributed by atoms with E-state index in [0.717, 1.165) is 0 Å². The monoisotopic (exact) mass is 250 g/mol. The lowest BCUT2D eigenvalue weighted by Gasteiger charge is -2.09. The van der Waals surface area contributed by atoms with Crippen molar-refractivity contribution in [2.75, 3.05) is 0 Å². The highest BCUT2D eigenvalue weighted by molar-refractivity contribution is 7.88. The molecule has 0 saturated carbocycles. The number of hydrogen-bond acceptors (Lipinski definition) is 2. The summed E-state index contributed by atoms with van der Waals surface area (Å²) < 4.78 is 24.3. The quantitative estimate of drug-likeness (QED) is 0.329. The second-order valence-corrected chi connectivity index (χ2v) is 10.8. The van der Waals surface area contributed by atoms with Crippen LogP contribution in [0.15, 0.2) is 9.04 Å². The molecule has 0 spiro atoms. The Morgan fingerprint density at radius 2 is 1.40 bits per heavy atom. The van der Waals surface area contributed by atoms with Crippen molar-refractivity contribution in [3.05, 3.63) is 20.9 Å². The first-order valence-electron chi connectivity index (χ1n) is 4.06. The average molecular weight is 250 g/mol. The molecule has 15 heavy (non-hydrogen) atoms.